The van der Waals surface area contributed by atoms with Crippen molar-refractivity contribution in [1.29, 1.82) is 0 Å². The predicted molar refractivity (Wildman–Crippen MR) is 79.2 cm³/mol. The lowest BCUT2D eigenvalue weighted by molar-refractivity contribution is -0.00285. The van der Waals surface area contributed by atoms with E-state index < -0.39 is 0 Å². The second-order valence-corrected chi connectivity index (χ2v) is 5.50. The Labute approximate surface area is 120 Å². The van der Waals surface area contributed by atoms with Gasteiger partial charge in [0.05, 0.1) is 19.3 Å². The maximum atomic E-state index is 12.9. The van der Waals surface area contributed by atoms with Crippen LogP contribution in [-0.4, -0.2) is 43.2 Å². The second-order valence-electron chi connectivity index (χ2n) is 5.50. The minimum absolute atomic E-state index is 0.167. The highest BCUT2D eigenvalue weighted by Crippen LogP contribution is 2.27. The van der Waals surface area contributed by atoms with Gasteiger partial charge in [0.2, 0.25) is 0 Å². The summed E-state index contributed by atoms with van der Waals surface area (Å²) in [6, 6.07) is 6.23. The first-order valence-corrected chi connectivity index (χ1v) is 7.55. The smallest absolute Gasteiger partial charge is 0.254 e. The summed E-state index contributed by atoms with van der Waals surface area (Å²) in [5.74, 6) is 0.167. The maximum absolute atomic E-state index is 12.9. The molecule has 1 N–H and O–H groups in total. The first kappa shape index (κ1) is 13.4. The fourth-order valence-electron chi connectivity index (χ4n) is 3.13. The lowest BCUT2D eigenvalue weighted by Gasteiger charge is -2.36. The molecule has 0 spiro atoms. The van der Waals surface area contributed by atoms with Crippen molar-refractivity contribution in [2.45, 2.75) is 32.2 Å². The second kappa shape index (κ2) is 5.83. The molecule has 0 aromatic heterocycles. The molecule has 4 heteroatoms. The van der Waals surface area contributed by atoms with Gasteiger partial charge < -0.3 is 15.0 Å². The Morgan fingerprint density at radius 1 is 1.50 bits per heavy atom. The molecule has 4 nitrogen and oxygen atoms in total. The molecule has 1 saturated heterocycles. The average molecular weight is 274 g/mol. The van der Waals surface area contributed by atoms with Gasteiger partial charge in [-0.1, -0.05) is 13.0 Å². The first-order valence-electron chi connectivity index (χ1n) is 7.55. The third-order valence-electron chi connectivity index (χ3n) is 4.29. The Morgan fingerprint density at radius 2 is 2.40 bits per heavy atom. The molecular weight excluding hydrogens is 252 g/mol. The molecule has 0 aliphatic carbocycles. The third-order valence-corrected chi connectivity index (χ3v) is 4.29. The number of fused-ring (bicyclic) bond motifs is 1. The van der Waals surface area contributed by atoms with Crippen LogP contribution in [0.1, 0.15) is 35.7 Å². The number of carbonyl (C=O) groups excluding carboxylic acids is 1. The Morgan fingerprint density at radius 3 is 3.25 bits per heavy atom. The highest BCUT2D eigenvalue weighted by atomic mass is 16.5. The fourth-order valence-corrected chi connectivity index (χ4v) is 3.13. The monoisotopic (exact) mass is 274 g/mol. The van der Waals surface area contributed by atoms with Crippen LogP contribution in [0.3, 0.4) is 0 Å². The first-order chi connectivity index (χ1) is 9.81. The topological polar surface area (TPSA) is 41.6 Å². The zero-order valence-electron chi connectivity index (χ0n) is 12.0. The SMILES string of the molecule is CCC1COCCN1C(=O)c1cccc2c1CCCN2. The lowest BCUT2D eigenvalue weighted by Crippen LogP contribution is -2.48. The number of hydrogen-bond donors (Lipinski definition) is 1. The van der Waals surface area contributed by atoms with E-state index in [4.69, 9.17) is 4.74 Å². The molecule has 2 aliphatic heterocycles. The van der Waals surface area contributed by atoms with E-state index in [0.717, 1.165) is 37.1 Å². The molecular formula is C16H22N2O2. The number of nitrogens with one attached hydrogen (secondary N) is 1. The number of carbonyl (C=O) groups is 1. The van der Waals surface area contributed by atoms with Crippen LogP contribution in [-0.2, 0) is 11.2 Å². The average Bonchev–Trinajstić information content (AvgIpc) is 2.53. The molecule has 1 aromatic carbocycles. The number of ether oxygens (including phenoxy) is 1. The zero-order valence-corrected chi connectivity index (χ0v) is 12.0. The number of morpholine rings is 1. The molecule has 20 heavy (non-hydrogen) atoms. The highest BCUT2D eigenvalue weighted by Gasteiger charge is 2.28. The van der Waals surface area contributed by atoms with Gasteiger partial charge in [-0.15, -0.1) is 0 Å². The molecule has 2 aliphatic rings. The summed E-state index contributed by atoms with van der Waals surface area (Å²) in [6.07, 6.45) is 3.03. The van der Waals surface area contributed by atoms with Gasteiger partial charge in [0.25, 0.3) is 5.91 Å². The minimum Gasteiger partial charge on any atom is -0.385 e. The van der Waals surface area contributed by atoms with E-state index in [2.05, 4.69) is 18.3 Å². The Hall–Kier alpha value is -1.55. The molecule has 1 unspecified atom stereocenters. The van der Waals surface area contributed by atoms with Crippen LogP contribution in [0.4, 0.5) is 5.69 Å². The van der Waals surface area contributed by atoms with E-state index in [1.165, 1.54) is 5.56 Å². The van der Waals surface area contributed by atoms with Crippen molar-refractivity contribution < 1.29 is 9.53 Å². The Bertz CT molecular complexity index is 501. The van der Waals surface area contributed by atoms with E-state index >= 15 is 0 Å². The van der Waals surface area contributed by atoms with Crippen molar-refractivity contribution in [1.82, 2.24) is 4.90 Å². The van der Waals surface area contributed by atoms with Gasteiger partial charge in [-0.25, -0.2) is 0 Å². The largest absolute Gasteiger partial charge is 0.385 e. The number of nitrogens with zero attached hydrogens (tertiary/aromatic N) is 1. The van der Waals surface area contributed by atoms with Crippen LogP contribution in [0, 0.1) is 0 Å². The van der Waals surface area contributed by atoms with Gasteiger partial charge in [0.1, 0.15) is 0 Å². The molecule has 0 bridgehead atoms. The van der Waals surface area contributed by atoms with Gasteiger partial charge >= 0.3 is 0 Å². The number of benzene rings is 1. The summed E-state index contributed by atoms with van der Waals surface area (Å²) in [6.45, 7) is 5.13. The number of hydrogen-bond acceptors (Lipinski definition) is 3. The lowest BCUT2D eigenvalue weighted by atomic mass is 9.96. The van der Waals surface area contributed by atoms with E-state index in [1.54, 1.807) is 0 Å². The van der Waals surface area contributed by atoms with Crippen molar-refractivity contribution in [3.05, 3.63) is 29.3 Å². The van der Waals surface area contributed by atoms with Crippen molar-refractivity contribution in [3.63, 3.8) is 0 Å². The van der Waals surface area contributed by atoms with Crippen molar-refractivity contribution in [2.24, 2.45) is 0 Å². The molecule has 1 atom stereocenters. The summed E-state index contributed by atoms with van der Waals surface area (Å²) in [7, 11) is 0. The molecule has 2 heterocycles. The van der Waals surface area contributed by atoms with Gasteiger partial charge in [-0.3, -0.25) is 4.79 Å². The van der Waals surface area contributed by atoms with Crippen LogP contribution >= 0.6 is 0 Å². The van der Waals surface area contributed by atoms with Gasteiger partial charge in [-0.2, -0.15) is 0 Å². The van der Waals surface area contributed by atoms with Crippen LogP contribution in [0.5, 0.6) is 0 Å². The molecule has 0 radical (unpaired) electrons. The summed E-state index contributed by atoms with van der Waals surface area (Å²) >= 11 is 0. The standard InChI is InChI=1S/C16H22N2O2/c1-2-12-11-20-10-9-18(12)16(19)14-5-3-7-15-13(14)6-4-8-17-15/h3,5,7,12,17H,2,4,6,8-11H2,1H3. The normalized spacial score (nSPS) is 22.1. The molecule has 1 aromatic rings. The Kier molecular flexibility index (Phi) is 3.92. The van der Waals surface area contributed by atoms with Crippen LogP contribution < -0.4 is 5.32 Å². The molecule has 0 saturated carbocycles. The van der Waals surface area contributed by atoms with Crippen LogP contribution in [0.15, 0.2) is 18.2 Å². The fraction of sp³-hybridized carbons (Fsp3) is 0.562. The summed E-state index contributed by atoms with van der Waals surface area (Å²) < 4.78 is 5.50. The number of rotatable bonds is 2. The van der Waals surface area contributed by atoms with Crippen LogP contribution in [0.2, 0.25) is 0 Å². The highest BCUT2D eigenvalue weighted by molar-refractivity contribution is 5.97. The number of amides is 1. The van der Waals surface area contributed by atoms with Crippen molar-refractivity contribution in [3.8, 4) is 0 Å². The maximum Gasteiger partial charge on any atom is 0.254 e. The molecule has 3 rings (SSSR count). The zero-order chi connectivity index (χ0) is 13.9. The summed E-state index contributed by atoms with van der Waals surface area (Å²) in [5, 5.41) is 3.39. The summed E-state index contributed by atoms with van der Waals surface area (Å²) in [4.78, 5) is 14.9. The van der Waals surface area contributed by atoms with Crippen molar-refractivity contribution >= 4 is 11.6 Å². The predicted octanol–water partition coefficient (Wildman–Crippen LogP) is 2.30. The van der Waals surface area contributed by atoms with Gasteiger partial charge in [0, 0.05) is 24.3 Å². The van der Waals surface area contributed by atoms with E-state index in [9.17, 15) is 4.79 Å². The quantitative estimate of drug-likeness (QED) is 0.899. The van der Waals surface area contributed by atoms with E-state index in [1.807, 2.05) is 17.0 Å². The van der Waals surface area contributed by atoms with Gasteiger partial charge in [0.15, 0.2) is 0 Å². The van der Waals surface area contributed by atoms with Crippen molar-refractivity contribution in [2.75, 3.05) is 31.6 Å². The van der Waals surface area contributed by atoms with E-state index in [-0.39, 0.29) is 11.9 Å². The van der Waals surface area contributed by atoms with Crippen LogP contribution in [0.25, 0.3) is 0 Å². The Balaban J connectivity index is 1.90. The molecule has 1 amide bonds. The number of anilines is 1. The summed E-state index contributed by atoms with van der Waals surface area (Å²) in [5.41, 5.74) is 3.18. The van der Waals surface area contributed by atoms with E-state index in [0.29, 0.717) is 19.8 Å². The molecule has 1 fully saturated rings. The third kappa shape index (κ3) is 2.40. The van der Waals surface area contributed by atoms with Gasteiger partial charge in [-0.05, 0) is 37.0 Å². The molecule has 108 valence electrons. The minimum atomic E-state index is 0.167.